The summed E-state index contributed by atoms with van der Waals surface area (Å²) in [5.41, 5.74) is 8.91. The highest BCUT2D eigenvalue weighted by molar-refractivity contribution is 6.43. The van der Waals surface area contributed by atoms with Gasteiger partial charge in [-0.25, -0.2) is 14.4 Å². The third-order valence-corrected chi connectivity index (χ3v) is 6.88. The summed E-state index contributed by atoms with van der Waals surface area (Å²) in [5, 5.41) is 13.2. The summed E-state index contributed by atoms with van der Waals surface area (Å²) in [6.45, 7) is 0. The zero-order valence-electron chi connectivity index (χ0n) is 17.0. The van der Waals surface area contributed by atoms with Crippen LogP contribution in [0.5, 0.6) is 0 Å². The van der Waals surface area contributed by atoms with Crippen LogP contribution in [0.4, 0.5) is 10.2 Å². The Morgan fingerprint density at radius 2 is 2.10 bits per heavy atom. The highest BCUT2D eigenvalue weighted by atomic mass is 35.5. The van der Waals surface area contributed by atoms with E-state index in [0.717, 1.165) is 12.8 Å². The number of aryl methyl sites for hydroxylation is 1. The van der Waals surface area contributed by atoms with Gasteiger partial charge in [0.15, 0.2) is 5.65 Å². The van der Waals surface area contributed by atoms with E-state index in [2.05, 4.69) is 25.3 Å². The number of hydrogen-bond acceptors (Lipinski definition) is 6. The van der Waals surface area contributed by atoms with Crippen LogP contribution >= 0.6 is 23.2 Å². The second kappa shape index (κ2) is 7.58. The molecule has 3 atom stereocenters. The van der Waals surface area contributed by atoms with Crippen LogP contribution in [0.15, 0.2) is 18.3 Å². The number of anilines is 1. The van der Waals surface area contributed by atoms with Crippen LogP contribution in [0.25, 0.3) is 33.3 Å². The fraction of sp³-hybridized carbons (Fsp3) is 0.400. The molecule has 1 aliphatic rings. The number of H-pyrrole nitrogens is 1. The molecule has 8 nitrogen and oxygen atoms in total. The van der Waals surface area contributed by atoms with Gasteiger partial charge < -0.3 is 10.6 Å². The van der Waals surface area contributed by atoms with Gasteiger partial charge in [-0.3, -0.25) is 9.78 Å². The van der Waals surface area contributed by atoms with Crippen molar-refractivity contribution in [1.82, 2.24) is 29.9 Å². The summed E-state index contributed by atoms with van der Waals surface area (Å²) in [5.74, 6) is 0.557. The number of benzene rings is 1. The largest absolute Gasteiger partial charge is 0.352 e. The van der Waals surface area contributed by atoms with Gasteiger partial charge >= 0.3 is 0 Å². The van der Waals surface area contributed by atoms with Crippen LogP contribution < -0.4 is 10.6 Å². The third kappa shape index (κ3) is 3.22. The van der Waals surface area contributed by atoms with Crippen LogP contribution in [-0.4, -0.2) is 55.2 Å². The Bertz CT molecular complexity index is 1290. The first kappa shape index (κ1) is 20.4. The fourth-order valence-corrected chi connectivity index (χ4v) is 4.91. The van der Waals surface area contributed by atoms with Crippen molar-refractivity contribution in [2.24, 2.45) is 12.8 Å². The Kier molecular flexibility index (Phi) is 4.99. The SMILES string of the molecule is CN(c1cnc2c(-c3ccc4nn(C)c(Cl)c4c3Cl)n[nH]c2n1)[C@@H]1CCC[C@H](N)[C@@H]1F. The van der Waals surface area contributed by atoms with E-state index in [0.29, 0.717) is 55.7 Å². The van der Waals surface area contributed by atoms with Crippen LogP contribution in [0.2, 0.25) is 10.2 Å². The monoisotopic (exact) mass is 462 g/mol. The van der Waals surface area contributed by atoms with Gasteiger partial charge in [0.1, 0.15) is 28.4 Å². The first-order chi connectivity index (χ1) is 14.9. The van der Waals surface area contributed by atoms with E-state index in [1.165, 1.54) is 0 Å². The Labute approximate surface area is 187 Å². The topological polar surface area (TPSA) is 102 Å². The molecule has 0 radical (unpaired) electrons. The second-order valence-corrected chi connectivity index (χ2v) is 8.69. The molecule has 4 aromatic rings. The van der Waals surface area contributed by atoms with Gasteiger partial charge in [-0.1, -0.05) is 23.2 Å². The minimum absolute atomic E-state index is 0.331. The number of halogens is 3. The highest BCUT2D eigenvalue weighted by Gasteiger charge is 2.34. The molecule has 31 heavy (non-hydrogen) atoms. The summed E-state index contributed by atoms with van der Waals surface area (Å²) in [7, 11) is 3.57. The summed E-state index contributed by atoms with van der Waals surface area (Å²) in [6, 6.07) is 2.89. The third-order valence-electron chi connectivity index (χ3n) is 6.05. The zero-order chi connectivity index (χ0) is 21.9. The molecule has 3 heterocycles. The number of nitrogens with zero attached hydrogens (tertiary/aromatic N) is 6. The minimum Gasteiger partial charge on any atom is -0.352 e. The van der Waals surface area contributed by atoms with Gasteiger partial charge in [0.05, 0.1) is 28.2 Å². The lowest BCUT2D eigenvalue weighted by atomic mass is 9.89. The van der Waals surface area contributed by atoms with E-state index < -0.39 is 12.2 Å². The summed E-state index contributed by atoms with van der Waals surface area (Å²) < 4.78 is 16.2. The maximum absolute atomic E-state index is 14.7. The molecule has 1 saturated carbocycles. The van der Waals surface area contributed by atoms with Gasteiger partial charge in [-0.05, 0) is 31.4 Å². The quantitative estimate of drug-likeness (QED) is 0.479. The number of nitrogens with one attached hydrogen (secondary N) is 1. The molecule has 11 heteroatoms. The van der Waals surface area contributed by atoms with E-state index in [9.17, 15) is 4.39 Å². The molecule has 1 aliphatic carbocycles. The van der Waals surface area contributed by atoms with E-state index in [1.54, 1.807) is 17.9 Å². The van der Waals surface area contributed by atoms with E-state index in [-0.39, 0.29) is 6.04 Å². The lowest BCUT2D eigenvalue weighted by Gasteiger charge is -2.37. The van der Waals surface area contributed by atoms with Gasteiger partial charge in [0.2, 0.25) is 0 Å². The second-order valence-electron chi connectivity index (χ2n) is 7.95. The maximum atomic E-state index is 14.7. The Morgan fingerprint density at radius 1 is 1.29 bits per heavy atom. The molecule has 0 bridgehead atoms. The average Bonchev–Trinajstić information content (AvgIpc) is 3.30. The summed E-state index contributed by atoms with van der Waals surface area (Å²) >= 11 is 13.0. The number of aromatic nitrogens is 6. The lowest BCUT2D eigenvalue weighted by molar-refractivity contribution is 0.184. The molecule has 0 unspecified atom stereocenters. The smallest absolute Gasteiger partial charge is 0.177 e. The molecule has 162 valence electrons. The van der Waals surface area contributed by atoms with Gasteiger partial charge in [0.25, 0.3) is 0 Å². The molecule has 0 saturated heterocycles. The molecular weight excluding hydrogens is 442 g/mol. The van der Waals surface area contributed by atoms with E-state index in [4.69, 9.17) is 28.9 Å². The Hall–Kier alpha value is -2.49. The molecule has 0 amide bonds. The van der Waals surface area contributed by atoms with Crippen LogP contribution in [-0.2, 0) is 7.05 Å². The summed E-state index contributed by atoms with van der Waals surface area (Å²) in [6.07, 6.45) is 2.83. The van der Waals surface area contributed by atoms with Crippen molar-refractivity contribution in [3.8, 4) is 11.3 Å². The van der Waals surface area contributed by atoms with Crippen molar-refractivity contribution in [2.75, 3.05) is 11.9 Å². The Morgan fingerprint density at radius 3 is 2.90 bits per heavy atom. The molecule has 5 rings (SSSR count). The first-order valence-corrected chi connectivity index (χ1v) is 10.8. The number of hydrogen-bond donors (Lipinski definition) is 2. The minimum atomic E-state index is -1.11. The van der Waals surface area contributed by atoms with Gasteiger partial charge in [-0.2, -0.15) is 10.2 Å². The normalized spacial score (nSPS) is 21.8. The molecule has 1 aromatic carbocycles. The predicted octanol–water partition coefficient (Wildman–Crippen LogP) is 3.87. The number of rotatable bonds is 3. The van der Waals surface area contributed by atoms with Crippen LogP contribution in [0.3, 0.4) is 0 Å². The maximum Gasteiger partial charge on any atom is 0.177 e. The zero-order valence-corrected chi connectivity index (χ0v) is 18.5. The molecule has 0 aliphatic heterocycles. The van der Waals surface area contributed by atoms with Crippen molar-refractivity contribution in [2.45, 2.75) is 37.5 Å². The van der Waals surface area contributed by atoms with Gasteiger partial charge in [0, 0.05) is 25.7 Å². The number of fused-ring (bicyclic) bond motifs is 2. The molecule has 3 aromatic heterocycles. The summed E-state index contributed by atoms with van der Waals surface area (Å²) in [4.78, 5) is 11.0. The predicted molar refractivity (Wildman–Crippen MR) is 120 cm³/mol. The van der Waals surface area contributed by atoms with Crippen molar-refractivity contribution < 1.29 is 4.39 Å². The molecule has 3 N–H and O–H groups in total. The molecule has 1 fully saturated rings. The Balaban J connectivity index is 1.54. The van der Waals surface area contributed by atoms with Crippen molar-refractivity contribution in [3.05, 3.63) is 28.5 Å². The number of alkyl halides is 1. The standard InChI is InChI=1S/C20H21Cl2FN8/c1-30(12-5-3-4-10(24)16(12)23)13-8-25-18-17(27-28-20(18)26-13)9-6-7-11-14(15(9)21)19(22)31(2)29-11/h6-8,10,12,16H,3-5,24H2,1-2H3,(H,26,27,28)/t10-,12+,16-/m0/s1. The first-order valence-electron chi connectivity index (χ1n) is 10.0. The van der Waals surface area contributed by atoms with Crippen LogP contribution in [0, 0.1) is 0 Å². The lowest BCUT2D eigenvalue weighted by Crippen LogP contribution is -2.51. The van der Waals surface area contributed by atoms with E-state index in [1.807, 2.05) is 24.1 Å². The van der Waals surface area contributed by atoms with E-state index >= 15 is 0 Å². The molecular formula is C20H21Cl2FN8. The van der Waals surface area contributed by atoms with Gasteiger partial charge in [-0.15, -0.1) is 0 Å². The van der Waals surface area contributed by atoms with Crippen molar-refractivity contribution in [3.63, 3.8) is 0 Å². The van der Waals surface area contributed by atoms with Crippen molar-refractivity contribution >= 4 is 51.1 Å². The fourth-order valence-electron chi connectivity index (χ4n) is 4.29. The average molecular weight is 463 g/mol. The van der Waals surface area contributed by atoms with Crippen LogP contribution in [0.1, 0.15) is 19.3 Å². The highest BCUT2D eigenvalue weighted by Crippen LogP contribution is 2.38. The number of nitrogens with two attached hydrogens (primary N) is 1. The van der Waals surface area contributed by atoms with Crippen molar-refractivity contribution in [1.29, 1.82) is 0 Å². The number of aromatic amines is 1. The molecule has 0 spiro atoms.